The van der Waals surface area contributed by atoms with Gasteiger partial charge in [0.15, 0.2) is 0 Å². The summed E-state index contributed by atoms with van der Waals surface area (Å²) in [5, 5.41) is 5.14. The van der Waals surface area contributed by atoms with Crippen molar-refractivity contribution in [1.29, 1.82) is 0 Å². The summed E-state index contributed by atoms with van der Waals surface area (Å²) in [6.07, 6.45) is 1.56. The third kappa shape index (κ3) is 3.18. The Hall–Kier alpha value is -1.65. The van der Waals surface area contributed by atoms with E-state index < -0.39 is 17.5 Å². The van der Waals surface area contributed by atoms with Crippen LogP contribution >= 0.6 is 0 Å². The number of anilines is 1. The van der Waals surface area contributed by atoms with E-state index in [1.807, 2.05) is 13.8 Å². The van der Waals surface area contributed by atoms with Crippen LogP contribution in [0, 0.1) is 11.6 Å². The topological polar surface area (TPSA) is 41.1 Å². The molecule has 0 saturated carbocycles. The lowest BCUT2D eigenvalue weighted by atomic mass is 10.1. The van der Waals surface area contributed by atoms with E-state index >= 15 is 0 Å². The molecule has 0 fully saturated rings. The molecular weight excluding hydrogens is 238 g/mol. The van der Waals surface area contributed by atoms with E-state index in [2.05, 4.69) is 10.6 Å². The maximum atomic E-state index is 13.5. The average Bonchev–Trinajstić information content (AvgIpc) is 2.35. The van der Waals surface area contributed by atoms with Gasteiger partial charge in [0, 0.05) is 18.7 Å². The third-order valence-electron chi connectivity index (χ3n) is 2.88. The summed E-state index contributed by atoms with van der Waals surface area (Å²) in [4.78, 5) is 11.8. The molecule has 0 aliphatic rings. The van der Waals surface area contributed by atoms with Crippen molar-refractivity contribution in [3.63, 3.8) is 0 Å². The van der Waals surface area contributed by atoms with Crippen LogP contribution in [0.15, 0.2) is 12.1 Å². The summed E-state index contributed by atoms with van der Waals surface area (Å²) in [6, 6.07) is 2.09. The largest absolute Gasteiger partial charge is 0.383 e. The van der Waals surface area contributed by atoms with Crippen molar-refractivity contribution in [3.05, 3.63) is 29.3 Å². The number of halogens is 2. The molecular formula is C13H18F2N2O. The number of amides is 1. The smallest absolute Gasteiger partial charge is 0.251 e. The van der Waals surface area contributed by atoms with Crippen LogP contribution in [0.3, 0.4) is 0 Å². The lowest BCUT2D eigenvalue weighted by Gasteiger charge is -2.15. The van der Waals surface area contributed by atoms with Gasteiger partial charge in [-0.1, -0.05) is 13.8 Å². The van der Waals surface area contributed by atoms with E-state index in [0.717, 1.165) is 25.0 Å². The summed E-state index contributed by atoms with van der Waals surface area (Å²) in [5.41, 5.74) is -0.231. The van der Waals surface area contributed by atoms with Crippen LogP contribution in [-0.4, -0.2) is 19.0 Å². The van der Waals surface area contributed by atoms with Crippen molar-refractivity contribution in [1.82, 2.24) is 5.32 Å². The number of nitrogens with one attached hydrogen (secondary N) is 2. The Bertz CT molecular complexity index is 408. The molecule has 0 saturated heterocycles. The van der Waals surface area contributed by atoms with Gasteiger partial charge in [0.05, 0.1) is 0 Å². The van der Waals surface area contributed by atoms with Gasteiger partial charge in [-0.2, -0.15) is 0 Å². The van der Waals surface area contributed by atoms with Crippen LogP contribution in [0.2, 0.25) is 0 Å². The Kier molecular flexibility index (Phi) is 5.07. The van der Waals surface area contributed by atoms with Gasteiger partial charge in [0.25, 0.3) is 5.91 Å². The number of benzene rings is 1. The standard InChI is InChI=1S/C13H18F2N2O/c1-4-9(5-2)17-13(18)8-6-10(14)12(16-3)11(15)7-8/h6-7,9,16H,4-5H2,1-3H3,(H,17,18). The number of carbonyl (C=O) groups excluding carboxylic acids is 1. The molecule has 3 nitrogen and oxygen atoms in total. The van der Waals surface area contributed by atoms with Gasteiger partial charge in [0.2, 0.25) is 0 Å². The fourth-order valence-corrected chi connectivity index (χ4v) is 1.70. The average molecular weight is 256 g/mol. The zero-order valence-electron chi connectivity index (χ0n) is 10.8. The lowest BCUT2D eigenvalue weighted by molar-refractivity contribution is 0.0934. The van der Waals surface area contributed by atoms with Gasteiger partial charge >= 0.3 is 0 Å². The Morgan fingerprint density at radius 1 is 1.22 bits per heavy atom. The molecule has 1 aromatic rings. The summed E-state index contributed by atoms with van der Waals surface area (Å²) in [5.74, 6) is -2.00. The van der Waals surface area contributed by atoms with Crippen molar-refractivity contribution < 1.29 is 13.6 Å². The van der Waals surface area contributed by atoms with Crippen molar-refractivity contribution in [2.45, 2.75) is 32.7 Å². The second-order valence-corrected chi connectivity index (χ2v) is 4.05. The molecule has 1 rings (SSSR count). The minimum atomic E-state index is -0.771. The zero-order chi connectivity index (χ0) is 13.7. The second-order valence-electron chi connectivity index (χ2n) is 4.05. The molecule has 0 aliphatic carbocycles. The number of rotatable bonds is 5. The molecule has 0 unspecified atom stereocenters. The van der Waals surface area contributed by atoms with E-state index in [4.69, 9.17) is 0 Å². The van der Waals surface area contributed by atoms with Crippen LogP contribution in [0.5, 0.6) is 0 Å². The fraction of sp³-hybridized carbons (Fsp3) is 0.462. The number of carbonyl (C=O) groups is 1. The highest BCUT2D eigenvalue weighted by Crippen LogP contribution is 2.20. The summed E-state index contributed by atoms with van der Waals surface area (Å²) in [6.45, 7) is 3.89. The Morgan fingerprint density at radius 3 is 2.11 bits per heavy atom. The minimum Gasteiger partial charge on any atom is -0.383 e. The van der Waals surface area contributed by atoms with Crippen molar-refractivity contribution >= 4 is 11.6 Å². The van der Waals surface area contributed by atoms with E-state index in [-0.39, 0.29) is 17.3 Å². The molecule has 1 amide bonds. The highest BCUT2D eigenvalue weighted by atomic mass is 19.1. The quantitative estimate of drug-likeness (QED) is 0.850. The molecule has 0 radical (unpaired) electrons. The van der Waals surface area contributed by atoms with Crippen LogP contribution in [0.25, 0.3) is 0 Å². The Labute approximate surface area is 106 Å². The monoisotopic (exact) mass is 256 g/mol. The molecule has 0 aliphatic heterocycles. The maximum Gasteiger partial charge on any atom is 0.251 e. The highest BCUT2D eigenvalue weighted by Gasteiger charge is 2.16. The Morgan fingerprint density at radius 2 is 1.72 bits per heavy atom. The van der Waals surface area contributed by atoms with Gasteiger partial charge in [-0.3, -0.25) is 4.79 Å². The second kappa shape index (κ2) is 6.33. The highest BCUT2D eigenvalue weighted by molar-refractivity contribution is 5.94. The SMILES string of the molecule is CCC(CC)NC(=O)c1cc(F)c(NC)c(F)c1. The van der Waals surface area contributed by atoms with Crippen LogP contribution in [0.4, 0.5) is 14.5 Å². The predicted molar refractivity (Wildman–Crippen MR) is 67.7 cm³/mol. The van der Waals surface area contributed by atoms with Gasteiger partial charge in [0.1, 0.15) is 17.3 Å². The van der Waals surface area contributed by atoms with Gasteiger partial charge in [-0.25, -0.2) is 8.78 Å². The van der Waals surface area contributed by atoms with Crippen LogP contribution < -0.4 is 10.6 Å². The molecule has 0 heterocycles. The minimum absolute atomic E-state index is 0.00380. The van der Waals surface area contributed by atoms with E-state index in [0.29, 0.717) is 0 Å². The van der Waals surface area contributed by atoms with E-state index in [1.54, 1.807) is 0 Å². The summed E-state index contributed by atoms with van der Waals surface area (Å²) >= 11 is 0. The van der Waals surface area contributed by atoms with E-state index in [9.17, 15) is 13.6 Å². The summed E-state index contributed by atoms with van der Waals surface area (Å²) in [7, 11) is 1.42. The molecule has 0 bridgehead atoms. The van der Waals surface area contributed by atoms with Crippen molar-refractivity contribution in [2.75, 3.05) is 12.4 Å². The zero-order valence-corrected chi connectivity index (χ0v) is 10.8. The van der Waals surface area contributed by atoms with Gasteiger partial charge in [-0.05, 0) is 25.0 Å². The Balaban J connectivity index is 2.93. The van der Waals surface area contributed by atoms with Gasteiger partial charge in [-0.15, -0.1) is 0 Å². The fourth-order valence-electron chi connectivity index (χ4n) is 1.70. The first-order valence-electron chi connectivity index (χ1n) is 6.01. The summed E-state index contributed by atoms with van der Waals surface area (Å²) < 4.78 is 27.0. The molecule has 0 aromatic heterocycles. The molecule has 100 valence electrons. The molecule has 2 N–H and O–H groups in total. The number of hydrogen-bond acceptors (Lipinski definition) is 2. The maximum absolute atomic E-state index is 13.5. The van der Waals surface area contributed by atoms with Crippen molar-refractivity contribution in [2.24, 2.45) is 0 Å². The molecule has 18 heavy (non-hydrogen) atoms. The van der Waals surface area contributed by atoms with Crippen LogP contribution in [0.1, 0.15) is 37.0 Å². The third-order valence-corrected chi connectivity index (χ3v) is 2.88. The molecule has 1 aromatic carbocycles. The van der Waals surface area contributed by atoms with Gasteiger partial charge < -0.3 is 10.6 Å². The van der Waals surface area contributed by atoms with Crippen LogP contribution in [-0.2, 0) is 0 Å². The molecule has 5 heteroatoms. The van der Waals surface area contributed by atoms with Crippen molar-refractivity contribution in [3.8, 4) is 0 Å². The lowest BCUT2D eigenvalue weighted by Crippen LogP contribution is -2.33. The normalized spacial score (nSPS) is 10.6. The first-order valence-corrected chi connectivity index (χ1v) is 6.01. The van der Waals surface area contributed by atoms with E-state index in [1.165, 1.54) is 7.05 Å². The first kappa shape index (κ1) is 14.4. The molecule has 0 atom stereocenters. The molecule has 0 spiro atoms. The number of hydrogen-bond donors (Lipinski definition) is 2. The predicted octanol–water partition coefficient (Wildman–Crippen LogP) is 2.92. The first-order chi connectivity index (χ1) is 8.53.